The molecule has 150 valence electrons. The van der Waals surface area contributed by atoms with Gasteiger partial charge in [-0.15, -0.1) is 0 Å². The van der Waals surface area contributed by atoms with E-state index in [1.54, 1.807) is 18.2 Å². The Morgan fingerprint density at radius 1 is 1.21 bits per heavy atom. The molecule has 2 aliphatic rings. The van der Waals surface area contributed by atoms with E-state index in [4.69, 9.17) is 27.7 Å². The molecule has 1 amide bonds. The van der Waals surface area contributed by atoms with Crippen LogP contribution in [0.1, 0.15) is 44.4 Å². The van der Waals surface area contributed by atoms with Crippen molar-refractivity contribution in [2.75, 3.05) is 13.1 Å². The molecule has 0 radical (unpaired) electrons. The smallest absolute Gasteiger partial charge is 0.241 e. The topological polar surface area (TPSA) is 71.3 Å². The van der Waals surface area contributed by atoms with Gasteiger partial charge in [0.2, 0.25) is 17.6 Å². The number of benzene rings is 1. The zero-order valence-corrected chi connectivity index (χ0v) is 17.2. The maximum absolute atomic E-state index is 12.6. The second kappa shape index (κ2) is 8.80. The molecule has 0 bridgehead atoms. The molecule has 1 atom stereocenters. The van der Waals surface area contributed by atoms with Gasteiger partial charge in [-0.25, -0.2) is 0 Å². The molecule has 1 saturated carbocycles. The summed E-state index contributed by atoms with van der Waals surface area (Å²) in [4.78, 5) is 19.3. The number of halogens is 2. The Morgan fingerprint density at radius 3 is 2.82 bits per heavy atom. The summed E-state index contributed by atoms with van der Waals surface area (Å²) in [6.07, 6.45) is 6.59. The van der Waals surface area contributed by atoms with Crippen LogP contribution in [0.5, 0.6) is 0 Å². The highest BCUT2D eigenvalue weighted by atomic mass is 35.5. The van der Waals surface area contributed by atoms with Crippen LogP contribution in [0.15, 0.2) is 22.7 Å². The van der Waals surface area contributed by atoms with Gasteiger partial charge in [-0.05, 0) is 50.4 Å². The molecule has 1 saturated heterocycles. The highest BCUT2D eigenvalue weighted by molar-refractivity contribution is 6.36. The van der Waals surface area contributed by atoms with Crippen LogP contribution in [0.2, 0.25) is 10.0 Å². The lowest BCUT2D eigenvalue weighted by Crippen LogP contribution is -2.45. The van der Waals surface area contributed by atoms with Crippen LogP contribution in [0, 0.1) is 5.92 Å². The maximum Gasteiger partial charge on any atom is 0.241 e. The van der Waals surface area contributed by atoms with E-state index in [0.29, 0.717) is 39.9 Å². The van der Waals surface area contributed by atoms with Crippen molar-refractivity contribution in [1.82, 2.24) is 20.4 Å². The van der Waals surface area contributed by atoms with E-state index in [0.717, 1.165) is 38.8 Å². The minimum atomic E-state index is 0.0300. The average Bonchev–Trinajstić information content (AvgIpc) is 3.34. The van der Waals surface area contributed by atoms with E-state index < -0.39 is 0 Å². The molecule has 1 N–H and O–H groups in total. The highest BCUT2D eigenvalue weighted by Crippen LogP contribution is 2.29. The molecular formula is C20H24Cl2N4O2. The number of piperidine rings is 1. The number of aromatic nitrogens is 2. The predicted molar refractivity (Wildman–Crippen MR) is 108 cm³/mol. The summed E-state index contributed by atoms with van der Waals surface area (Å²) in [5.74, 6) is 1.19. The molecule has 2 aromatic rings. The van der Waals surface area contributed by atoms with E-state index in [-0.39, 0.29) is 11.8 Å². The molecule has 2 heterocycles. The molecule has 1 aromatic heterocycles. The second-order valence-corrected chi connectivity index (χ2v) is 8.54. The quantitative estimate of drug-likeness (QED) is 0.776. The van der Waals surface area contributed by atoms with E-state index in [1.807, 2.05) is 0 Å². The monoisotopic (exact) mass is 422 g/mol. The lowest BCUT2D eigenvalue weighted by molar-refractivity contribution is -0.127. The van der Waals surface area contributed by atoms with Crippen molar-refractivity contribution in [2.45, 2.75) is 51.1 Å². The minimum Gasteiger partial charge on any atom is -0.353 e. The summed E-state index contributed by atoms with van der Waals surface area (Å²) in [6, 6.07) is 5.55. The molecule has 4 rings (SSSR count). The van der Waals surface area contributed by atoms with Gasteiger partial charge in [0.15, 0.2) is 0 Å². The van der Waals surface area contributed by atoms with Gasteiger partial charge in [-0.3, -0.25) is 9.69 Å². The Morgan fingerprint density at radius 2 is 2.04 bits per heavy atom. The van der Waals surface area contributed by atoms with Gasteiger partial charge in [-0.2, -0.15) is 4.98 Å². The molecule has 1 aliphatic carbocycles. The van der Waals surface area contributed by atoms with Crippen molar-refractivity contribution in [3.8, 4) is 11.4 Å². The first-order valence-corrected chi connectivity index (χ1v) is 10.6. The molecule has 1 aliphatic heterocycles. The molecule has 8 heteroatoms. The summed E-state index contributed by atoms with van der Waals surface area (Å²) in [5.41, 5.74) is 0.688. The molecule has 28 heavy (non-hydrogen) atoms. The SMILES string of the molecule is O=C(NC1CCCC1)C1CCCN(Cc2nc(-c3ccc(Cl)cc3Cl)no2)C1. The number of carbonyl (C=O) groups excluding carboxylic acids is 1. The Balaban J connectivity index is 1.36. The maximum atomic E-state index is 12.6. The minimum absolute atomic E-state index is 0.0300. The van der Waals surface area contributed by atoms with Crippen molar-refractivity contribution in [1.29, 1.82) is 0 Å². The molecule has 1 unspecified atom stereocenters. The van der Waals surface area contributed by atoms with Crippen LogP contribution >= 0.6 is 23.2 Å². The number of carbonyl (C=O) groups is 1. The number of amides is 1. The van der Waals surface area contributed by atoms with E-state index in [9.17, 15) is 4.79 Å². The fraction of sp³-hybridized carbons (Fsp3) is 0.550. The van der Waals surface area contributed by atoms with Crippen LogP contribution in [-0.2, 0) is 11.3 Å². The first-order valence-electron chi connectivity index (χ1n) is 9.89. The largest absolute Gasteiger partial charge is 0.353 e. The van der Waals surface area contributed by atoms with Gasteiger partial charge in [0.25, 0.3) is 0 Å². The van der Waals surface area contributed by atoms with Crippen LogP contribution in [-0.4, -0.2) is 40.1 Å². The van der Waals surface area contributed by atoms with Gasteiger partial charge in [-0.1, -0.05) is 41.2 Å². The standard InChI is InChI=1S/C20H24Cl2N4O2/c21-14-7-8-16(17(22)10-14)19-24-18(28-25-19)12-26-9-3-4-13(11-26)20(27)23-15-5-1-2-6-15/h7-8,10,13,15H,1-6,9,11-12H2,(H,23,27). The van der Waals surface area contributed by atoms with Gasteiger partial charge < -0.3 is 9.84 Å². The Kier molecular flexibility index (Phi) is 6.19. The molecule has 6 nitrogen and oxygen atoms in total. The number of likely N-dealkylation sites (tertiary alicyclic amines) is 1. The van der Waals surface area contributed by atoms with Gasteiger partial charge >= 0.3 is 0 Å². The van der Waals surface area contributed by atoms with Crippen LogP contribution in [0.4, 0.5) is 0 Å². The second-order valence-electron chi connectivity index (χ2n) is 7.70. The first kappa shape index (κ1) is 19.7. The van der Waals surface area contributed by atoms with Gasteiger partial charge in [0, 0.05) is 23.2 Å². The first-order chi connectivity index (χ1) is 13.6. The fourth-order valence-electron chi connectivity index (χ4n) is 4.09. The number of hydrogen-bond acceptors (Lipinski definition) is 5. The van der Waals surface area contributed by atoms with E-state index in [2.05, 4.69) is 20.4 Å². The predicted octanol–water partition coefficient (Wildman–Crippen LogP) is 4.31. The number of nitrogens with zero attached hydrogens (tertiary/aromatic N) is 3. The van der Waals surface area contributed by atoms with Crippen LogP contribution < -0.4 is 5.32 Å². The van der Waals surface area contributed by atoms with Crippen molar-refractivity contribution in [3.63, 3.8) is 0 Å². The summed E-state index contributed by atoms with van der Waals surface area (Å²) in [5, 5.41) is 8.32. The highest BCUT2D eigenvalue weighted by Gasteiger charge is 2.29. The number of nitrogens with one attached hydrogen (secondary N) is 1. The Labute approximate surface area is 174 Å². The molecular weight excluding hydrogens is 399 g/mol. The molecule has 2 fully saturated rings. The zero-order valence-electron chi connectivity index (χ0n) is 15.7. The zero-order chi connectivity index (χ0) is 19.5. The number of rotatable bonds is 5. The third-order valence-electron chi connectivity index (χ3n) is 5.58. The number of hydrogen-bond donors (Lipinski definition) is 1. The van der Waals surface area contributed by atoms with Crippen LogP contribution in [0.3, 0.4) is 0 Å². The normalized spacial score (nSPS) is 21.1. The van der Waals surface area contributed by atoms with E-state index >= 15 is 0 Å². The van der Waals surface area contributed by atoms with Crippen molar-refractivity contribution in [2.24, 2.45) is 5.92 Å². The fourth-order valence-corrected chi connectivity index (χ4v) is 4.59. The third-order valence-corrected chi connectivity index (χ3v) is 6.12. The summed E-state index contributed by atoms with van der Waals surface area (Å²) in [6.45, 7) is 2.18. The van der Waals surface area contributed by atoms with E-state index in [1.165, 1.54) is 12.8 Å². The Bertz CT molecular complexity index is 835. The van der Waals surface area contributed by atoms with Crippen molar-refractivity contribution >= 4 is 29.1 Å². The summed E-state index contributed by atoms with van der Waals surface area (Å²) < 4.78 is 5.42. The van der Waals surface area contributed by atoms with Gasteiger partial charge in [0.1, 0.15) is 0 Å². The summed E-state index contributed by atoms with van der Waals surface area (Å²) >= 11 is 12.2. The third kappa shape index (κ3) is 4.67. The molecule has 0 spiro atoms. The van der Waals surface area contributed by atoms with Crippen molar-refractivity contribution in [3.05, 3.63) is 34.1 Å². The Hall–Kier alpha value is -1.63. The average molecular weight is 423 g/mol. The van der Waals surface area contributed by atoms with Crippen molar-refractivity contribution < 1.29 is 9.32 Å². The lowest BCUT2D eigenvalue weighted by atomic mass is 9.96. The van der Waals surface area contributed by atoms with Gasteiger partial charge in [0.05, 0.1) is 17.5 Å². The lowest BCUT2D eigenvalue weighted by Gasteiger charge is -2.31. The van der Waals surface area contributed by atoms with Crippen LogP contribution in [0.25, 0.3) is 11.4 Å². The summed E-state index contributed by atoms with van der Waals surface area (Å²) in [7, 11) is 0. The molecule has 1 aromatic carbocycles.